The van der Waals surface area contributed by atoms with Gasteiger partial charge in [0.1, 0.15) is 5.75 Å². The highest BCUT2D eigenvalue weighted by molar-refractivity contribution is 6.32. The number of carbonyl (C=O) groups is 1. The zero-order valence-corrected chi connectivity index (χ0v) is 17.0. The minimum Gasteiger partial charge on any atom is -0.484 e. The van der Waals surface area contributed by atoms with Crippen LogP contribution in [-0.2, 0) is 4.79 Å². The maximum Gasteiger partial charge on any atom is 0.262 e. The third kappa shape index (κ3) is 5.16. The number of benzene rings is 2. The molecule has 1 aliphatic rings. The Morgan fingerprint density at radius 1 is 1.15 bits per heavy atom. The van der Waals surface area contributed by atoms with E-state index in [-0.39, 0.29) is 12.5 Å². The summed E-state index contributed by atoms with van der Waals surface area (Å²) in [5.41, 5.74) is 3.87. The second kappa shape index (κ2) is 8.66. The number of piperidine rings is 1. The van der Waals surface area contributed by atoms with Gasteiger partial charge in [-0.05, 0) is 80.1 Å². The molecule has 3 rings (SSSR count). The maximum absolute atomic E-state index is 12.2. The molecule has 1 fully saturated rings. The minimum atomic E-state index is -0.181. The summed E-state index contributed by atoms with van der Waals surface area (Å²) in [6.07, 6.45) is 2.47. The fourth-order valence-electron chi connectivity index (χ4n) is 3.36. The summed E-state index contributed by atoms with van der Waals surface area (Å²) in [4.78, 5) is 14.6. The van der Waals surface area contributed by atoms with E-state index in [1.807, 2.05) is 38.1 Å². The van der Waals surface area contributed by atoms with Gasteiger partial charge in [0.15, 0.2) is 6.61 Å². The minimum absolute atomic E-state index is 0.0354. The Morgan fingerprint density at radius 2 is 1.74 bits per heavy atom. The molecular weight excluding hydrogens is 360 g/mol. The smallest absolute Gasteiger partial charge is 0.262 e. The van der Waals surface area contributed by atoms with Gasteiger partial charge < -0.3 is 15.0 Å². The molecule has 0 aliphatic carbocycles. The first-order chi connectivity index (χ1) is 12.9. The Hall–Kier alpha value is -2.20. The second-order valence-corrected chi connectivity index (χ2v) is 7.80. The molecule has 2 aromatic rings. The van der Waals surface area contributed by atoms with Gasteiger partial charge in [-0.15, -0.1) is 0 Å². The van der Waals surface area contributed by atoms with Crippen LogP contribution in [0.5, 0.6) is 5.75 Å². The topological polar surface area (TPSA) is 41.6 Å². The Bertz CT molecular complexity index is 773. The molecule has 2 aromatic carbocycles. The van der Waals surface area contributed by atoms with Crippen molar-refractivity contribution < 1.29 is 9.53 Å². The molecule has 0 bridgehead atoms. The van der Waals surface area contributed by atoms with E-state index in [1.165, 1.54) is 18.5 Å². The molecule has 27 heavy (non-hydrogen) atoms. The molecule has 1 aliphatic heterocycles. The number of nitrogens with one attached hydrogen (secondary N) is 1. The standard InChI is InChI=1S/C22H27ClN2O2/c1-15-8-10-25(11-9-15)19-6-4-18(5-7-19)24-21(26)14-27-20-12-16(2)22(23)17(3)13-20/h4-7,12-13,15H,8-11,14H2,1-3H3,(H,24,26). The number of halogens is 1. The summed E-state index contributed by atoms with van der Waals surface area (Å²) >= 11 is 6.16. The molecule has 4 nitrogen and oxygen atoms in total. The number of amides is 1. The fraction of sp³-hybridized carbons (Fsp3) is 0.409. The van der Waals surface area contributed by atoms with Crippen LogP contribution in [-0.4, -0.2) is 25.6 Å². The predicted molar refractivity (Wildman–Crippen MR) is 112 cm³/mol. The number of anilines is 2. The van der Waals surface area contributed by atoms with Crippen molar-refractivity contribution in [2.75, 3.05) is 29.9 Å². The van der Waals surface area contributed by atoms with Gasteiger partial charge in [0, 0.05) is 29.5 Å². The molecule has 0 radical (unpaired) electrons. The lowest BCUT2D eigenvalue weighted by Gasteiger charge is -2.32. The number of ether oxygens (including phenoxy) is 1. The average Bonchev–Trinajstić information content (AvgIpc) is 2.65. The summed E-state index contributed by atoms with van der Waals surface area (Å²) in [5, 5.41) is 3.61. The monoisotopic (exact) mass is 386 g/mol. The average molecular weight is 387 g/mol. The van der Waals surface area contributed by atoms with Crippen LogP contribution >= 0.6 is 11.6 Å². The summed E-state index contributed by atoms with van der Waals surface area (Å²) < 4.78 is 5.61. The highest BCUT2D eigenvalue weighted by Gasteiger charge is 2.16. The zero-order chi connectivity index (χ0) is 19.4. The van der Waals surface area contributed by atoms with E-state index in [1.54, 1.807) is 0 Å². The van der Waals surface area contributed by atoms with Gasteiger partial charge >= 0.3 is 0 Å². The largest absolute Gasteiger partial charge is 0.484 e. The molecule has 1 saturated heterocycles. The van der Waals surface area contributed by atoms with Crippen LogP contribution in [0, 0.1) is 19.8 Å². The van der Waals surface area contributed by atoms with Gasteiger partial charge in [-0.25, -0.2) is 0 Å². The van der Waals surface area contributed by atoms with Crippen LogP contribution in [0.4, 0.5) is 11.4 Å². The fourth-order valence-corrected chi connectivity index (χ4v) is 3.47. The van der Waals surface area contributed by atoms with Crippen LogP contribution in [0.1, 0.15) is 30.9 Å². The first-order valence-electron chi connectivity index (χ1n) is 9.47. The van der Waals surface area contributed by atoms with E-state index in [4.69, 9.17) is 16.3 Å². The Morgan fingerprint density at radius 3 is 2.33 bits per heavy atom. The van der Waals surface area contributed by atoms with Gasteiger partial charge in [0.25, 0.3) is 5.91 Å². The van der Waals surface area contributed by atoms with Gasteiger partial charge in [-0.3, -0.25) is 4.79 Å². The van der Waals surface area contributed by atoms with Crippen LogP contribution < -0.4 is 15.0 Å². The van der Waals surface area contributed by atoms with Crippen molar-refractivity contribution in [3.8, 4) is 5.75 Å². The molecule has 0 saturated carbocycles. The highest BCUT2D eigenvalue weighted by Crippen LogP contribution is 2.26. The van der Waals surface area contributed by atoms with Crippen molar-refractivity contribution in [1.82, 2.24) is 0 Å². The van der Waals surface area contributed by atoms with E-state index in [9.17, 15) is 4.79 Å². The number of carbonyl (C=O) groups excluding carboxylic acids is 1. The van der Waals surface area contributed by atoms with Gasteiger partial charge in [-0.1, -0.05) is 18.5 Å². The van der Waals surface area contributed by atoms with Gasteiger partial charge in [-0.2, -0.15) is 0 Å². The Labute approximate surface area is 166 Å². The van der Waals surface area contributed by atoms with E-state index in [0.29, 0.717) is 5.75 Å². The lowest BCUT2D eigenvalue weighted by molar-refractivity contribution is -0.118. The molecule has 0 aromatic heterocycles. The van der Waals surface area contributed by atoms with E-state index < -0.39 is 0 Å². The molecular formula is C22H27ClN2O2. The second-order valence-electron chi connectivity index (χ2n) is 7.42. The van der Waals surface area contributed by atoms with Crippen molar-refractivity contribution in [2.45, 2.75) is 33.6 Å². The third-order valence-electron chi connectivity index (χ3n) is 5.08. The lowest BCUT2D eigenvalue weighted by atomic mass is 9.99. The van der Waals surface area contributed by atoms with E-state index in [2.05, 4.69) is 29.3 Å². The highest BCUT2D eigenvalue weighted by atomic mass is 35.5. The third-order valence-corrected chi connectivity index (χ3v) is 5.68. The Kier molecular flexibility index (Phi) is 6.27. The SMILES string of the molecule is Cc1cc(OCC(=O)Nc2ccc(N3CCC(C)CC3)cc2)cc(C)c1Cl. The normalized spacial score (nSPS) is 14.9. The molecule has 1 amide bonds. The van der Waals surface area contributed by atoms with Crippen LogP contribution in [0.2, 0.25) is 5.02 Å². The summed E-state index contributed by atoms with van der Waals surface area (Å²) in [6.45, 7) is 8.32. The van der Waals surface area contributed by atoms with Crippen LogP contribution in [0.3, 0.4) is 0 Å². The molecule has 5 heteroatoms. The first-order valence-corrected chi connectivity index (χ1v) is 9.84. The molecule has 0 unspecified atom stereocenters. The van der Waals surface area contributed by atoms with Gasteiger partial charge in [0.05, 0.1) is 0 Å². The summed E-state index contributed by atoms with van der Waals surface area (Å²) in [7, 11) is 0. The van der Waals surface area contributed by atoms with E-state index in [0.717, 1.165) is 40.8 Å². The van der Waals surface area contributed by atoms with Crippen LogP contribution in [0.15, 0.2) is 36.4 Å². The molecule has 1 heterocycles. The van der Waals surface area contributed by atoms with Crippen molar-refractivity contribution >= 4 is 28.9 Å². The van der Waals surface area contributed by atoms with Crippen molar-refractivity contribution in [3.63, 3.8) is 0 Å². The van der Waals surface area contributed by atoms with Crippen molar-refractivity contribution in [1.29, 1.82) is 0 Å². The Balaban J connectivity index is 1.52. The quantitative estimate of drug-likeness (QED) is 0.766. The van der Waals surface area contributed by atoms with Crippen molar-refractivity contribution in [3.05, 3.63) is 52.5 Å². The molecule has 144 valence electrons. The molecule has 0 atom stereocenters. The summed E-state index contributed by atoms with van der Waals surface area (Å²) in [6, 6.07) is 11.7. The summed E-state index contributed by atoms with van der Waals surface area (Å²) in [5.74, 6) is 1.28. The number of hydrogen-bond acceptors (Lipinski definition) is 3. The van der Waals surface area contributed by atoms with E-state index >= 15 is 0 Å². The number of nitrogens with zero attached hydrogens (tertiary/aromatic N) is 1. The van der Waals surface area contributed by atoms with Crippen LogP contribution in [0.25, 0.3) is 0 Å². The predicted octanol–water partition coefficient (Wildman–Crippen LogP) is 5.21. The lowest BCUT2D eigenvalue weighted by Crippen LogP contribution is -2.32. The van der Waals surface area contributed by atoms with Gasteiger partial charge in [0.2, 0.25) is 0 Å². The zero-order valence-electron chi connectivity index (χ0n) is 16.2. The van der Waals surface area contributed by atoms with Crippen molar-refractivity contribution in [2.24, 2.45) is 5.92 Å². The number of rotatable bonds is 5. The maximum atomic E-state index is 12.2. The molecule has 1 N–H and O–H groups in total. The molecule has 0 spiro atoms. The number of aryl methyl sites for hydroxylation is 2. The first kappa shape index (κ1) is 19.6. The number of hydrogen-bond donors (Lipinski definition) is 1.